The van der Waals surface area contributed by atoms with Gasteiger partial charge in [-0.2, -0.15) is 0 Å². The molecule has 1 aromatic rings. The van der Waals surface area contributed by atoms with Crippen LogP contribution in [0.15, 0.2) is 18.3 Å². The molecule has 0 saturated heterocycles. The van der Waals surface area contributed by atoms with Crippen LogP contribution in [0.2, 0.25) is 10.0 Å². The van der Waals surface area contributed by atoms with Crippen molar-refractivity contribution in [2.75, 3.05) is 6.61 Å². The lowest BCUT2D eigenvalue weighted by atomic mass is 10.2. The van der Waals surface area contributed by atoms with Gasteiger partial charge in [0, 0.05) is 11.8 Å². The van der Waals surface area contributed by atoms with Gasteiger partial charge in [-0.3, -0.25) is 0 Å². The maximum Gasteiger partial charge on any atom is 0.156 e. The lowest BCUT2D eigenvalue weighted by molar-refractivity contribution is 0.271. The van der Waals surface area contributed by atoms with Gasteiger partial charge in [0.1, 0.15) is 0 Å². The molecule has 1 aromatic carbocycles. The third-order valence-corrected chi connectivity index (χ3v) is 2.72. The van der Waals surface area contributed by atoms with Crippen LogP contribution < -0.4 is 10.1 Å². The number of hydrogen-bond acceptors (Lipinski definition) is 2. The number of rotatable bonds is 4. The highest BCUT2D eigenvalue weighted by atomic mass is 35.5. The number of ether oxygens (including phenoxy) is 1. The topological polar surface area (TPSA) is 31.2 Å². The Labute approximate surface area is 105 Å². The smallest absolute Gasteiger partial charge is 0.156 e. The molecule has 0 radical (unpaired) electrons. The van der Waals surface area contributed by atoms with Crippen LogP contribution in [0, 0.1) is 5.92 Å². The van der Waals surface area contributed by atoms with Gasteiger partial charge in [0.05, 0.1) is 22.3 Å². The summed E-state index contributed by atoms with van der Waals surface area (Å²) in [6, 6.07) is 3.71. The molecule has 0 saturated carbocycles. The van der Waals surface area contributed by atoms with E-state index in [4.69, 9.17) is 27.9 Å². The van der Waals surface area contributed by atoms with E-state index < -0.39 is 0 Å². The van der Waals surface area contributed by atoms with Crippen molar-refractivity contribution in [3.8, 4) is 5.75 Å². The summed E-state index contributed by atoms with van der Waals surface area (Å²) in [6.07, 6.45) is 1.90. The zero-order valence-electron chi connectivity index (χ0n) is 9.18. The molecule has 16 heavy (non-hydrogen) atoms. The molecule has 1 heterocycles. The van der Waals surface area contributed by atoms with Gasteiger partial charge in [-0.1, -0.05) is 37.0 Å². The van der Waals surface area contributed by atoms with Crippen LogP contribution in [0.4, 0.5) is 0 Å². The second-order valence-electron chi connectivity index (χ2n) is 4.18. The van der Waals surface area contributed by atoms with Gasteiger partial charge in [-0.05, 0) is 18.1 Å². The van der Waals surface area contributed by atoms with E-state index in [1.807, 2.05) is 18.3 Å². The predicted octanol–water partition coefficient (Wildman–Crippen LogP) is 3.93. The number of halogens is 2. The molecular formula is C12H13Cl2NO. The third kappa shape index (κ3) is 2.63. The van der Waals surface area contributed by atoms with E-state index >= 15 is 0 Å². The quantitative estimate of drug-likeness (QED) is 0.887. The van der Waals surface area contributed by atoms with Gasteiger partial charge in [0.2, 0.25) is 0 Å². The van der Waals surface area contributed by atoms with Gasteiger partial charge < -0.3 is 10.1 Å². The van der Waals surface area contributed by atoms with Crippen molar-refractivity contribution in [2.45, 2.75) is 13.8 Å². The summed E-state index contributed by atoms with van der Waals surface area (Å²) >= 11 is 12.3. The molecule has 0 amide bonds. The highest BCUT2D eigenvalue weighted by Crippen LogP contribution is 2.37. The highest BCUT2D eigenvalue weighted by molar-refractivity contribution is 6.37. The molecule has 0 fully saturated rings. The van der Waals surface area contributed by atoms with Crippen molar-refractivity contribution >= 4 is 28.9 Å². The number of hydrogen-bond donors (Lipinski definition) is 1. The Bertz CT molecular complexity index is 418. The Kier molecular flexibility index (Phi) is 3.31. The molecule has 0 spiro atoms. The first-order valence-electron chi connectivity index (χ1n) is 5.17. The summed E-state index contributed by atoms with van der Waals surface area (Å²) in [6.45, 7) is 4.77. The molecule has 0 aromatic heterocycles. The molecular weight excluding hydrogens is 245 g/mol. The lowest BCUT2D eigenvalue weighted by Crippen LogP contribution is -2.05. The minimum Gasteiger partial charge on any atom is -0.490 e. The Morgan fingerprint density at radius 2 is 1.81 bits per heavy atom. The highest BCUT2D eigenvalue weighted by Gasteiger charge is 2.15. The summed E-state index contributed by atoms with van der Waals surface area (Å²) in [7, 11) is 0. The second-order valence-corrected chi connectivity index (χ2v) is 4.99. The SMILES string of the molecule is CC(C)COc1c(Cl)cc(C2=CN2)cc1Cl. The van der Waals surface area contributed by atoms with Crippen molar-refractivity contribution in [1.82, 2.24) is 5.32 Å². The average Bonchev–Trinajstić information content (AvgIpc) is 2.98. The average molecular weight is 258 g/mol. The summed E-state index contributed by atoms with van der Waals surface area (Å²) in [5.41, 5.74) is 2.05. The van der Waals surface area contributed by atoms with Crippen LogP contribution in [0.5, 0.6) is 5.75 Å². The Morgan fingerprint density at radius 3 is 2.25 bits per heavy atom. The molecule has 0 bridgehead atoms. The fraction of sp³-hybridized carbons (Fsp3) is 0.333. The van der Waals surface area contributed by atoms with Crippen molar-refractivity contribution in [3.63, 3.8) is 0 Å². The van der Waals surface area contributed by atoms with Gasteiger partial charge in [-0.15, -0.1) is 0 Å². The summed E-state index contributed by atoms with van der Waals surface area (Å²) in [4.78, 5) is 0. The molecule has 1 aliphatic heterocycles. The largest absolute Gasteiger partial charge is 0.490 e. The standard InChI is InChI=1S/C12H13Cl2NO/c1-7(2)6-16-12-9(13)3-8(4-10(12)14)11-5-15-11/h3-5,7,15H,6H2,1-2H3. The summed E-state index contributed by atoms with van der Waals surface area (Å²) in [5.74, 6) is 1.02. The zero-order valence-corrected chi connectivity index (χ0v) is 10.7. The van der Waals surface area contributed by atoms with Crippen molar-refractivity contribution in [2.24, 2.45) is 5.92 Å². The van der Waals surface area contributed by atoms with Crippen molar-refractivity contribution < 1.29 is 4.74 Å². The molecule has 0 aliphatic carbocycles. The van der Waals surface area contributed by atoms with Crippen LogP contribution >= 0.6 is 23.2 Å². The first-order chi connectivity index (χ1) is 7.58. The van der Waals surface area contributed by atoms with Crippen molar-refractivity contribution in [3.05, 3.63) is 33.9 Å². The Balaban J connectivity index is 2.21. The summed E-state index contributed by atoms with van der Waals surface area (Å²) in [5, 5.41) is 4.12. The second kappa shape index (κ2) is 4.56. The van der Waals surface area contributed by atoms with E-state index in [2.05, 4.69) is 19.2 Å². The minimum absolute atomic E-state index is 0.444. The van der Waals surface area contributed by atoms with Crippen LogP contribution in [0.1, 0.15) is 19.4 Å². The molecule has 0 atom stereocenters. The number of nitrogens with one attached hydrogen (secondary N) is 1. The van der Waals surface area contributed by atoms with Gasteiger partial charge in [0.15, 0.2) is 5.75 Å². The Morgan fingerprint density at radius 1 is 1.25 bits per heavy atom. The molecule has 1 N–H and O–H groups in total. The monoisotopic (exact) mass is 257 g/mol. The molecule has 2 nitrogen and oxygen atoms in total. The maximum absolute atomic E-state index is 6.13. The van der Waals surface area contributed by atoms with Gasteiger partial charge in [0.25, 0.3) is 0 Å². The lowest BCUT2D eigenvalue weighted by Gasteiger charge is -2.12. The molecule has 0 unspecified atom stereocenters. The van der Waals surface area contributed by atoms with E-state index in [-0.39, 0.29) is 0 Å². The van der Waals surface area contributed by atoms with E-state index in [0.717, 1.165) is 11.3 Å². The molecule has 4 heteroatoms. The number of benzene rings is 1. The normalized spacial score (nSPS) is 13.4. The fourth-order valence-electron chi connectivity index (χ4n) is 1.31. The zero-order chi connectivity index (χ0) is 11.7. The predicted molar refractivity (Wildman–Crippen MR) is 67.9 cm³/mol. The van der Waals surface area contributed by atoms with Gasteiger partial charge in [-0.25, -0.2) is 0 Å². The molecule has 2 rings (SSSR count). The van der Waals surface area contributed by atoms with Crippen LogP contribution in [0.25, 0.3) is 5.70 Å². The van der Waals surface area contributed by atoms with Crippen LogP contribution in [-0.4, -0.2) is 6.61 Å². The molecule has 1 aliphatic rings. The minimum atomic E-state index is 0.444. The van der Waals surface area contributed by atoms with Crippen molar-refractivity contribution in [1.29, 1.82) is 0 Å². The maximum atomic E-state index is 6.13. The first kappa shape index (κ1) is 11.6. The van der Waals surface area contributed by atoms with E-state index in [0.29, 0.717) is 28.3 Å². The van der Waals surface area contributed by atoms with E-state index in [1.165, 1.54) is 0 Å². The van der Waals surface area contributed by atoms with E-state index in [1.54, 1.807) is 0 Å². The van der Waals surface area contributed by atoms with Gasteiger partial charge >= 0.3 is 0 Å². The van der Waals surface area contributed by atoms with E-state index in [9.17, 15) is 0 Å². The first-order valence-corrected chi connectivity index (χ1v) is 5.92. The summed E-state index contributed by atoms with van der Waals surface area (Å²) < 4.78 is 5.58. The van der Waals surface area contributed by atoms with Crippen LogP contribution in [0.3, 0.4) is 0 Å². The van der Waals surface area contributed by atoms with Crippen LogP contribution in [-0.2, 0) is 0 Å². The molecule has 86 valence electrons. The third-order valence-electron chi connectivity index (χ3n) is 2.16. The Hall–Kier alpha value is -0.860. The fourth-order valence-corrected chi connectivity index (χ4v) is 1.90.